The molecular weight excluding hydrogens is 295 g/mol. The predicted octanol–water partition coefficient (Wildman–Crippen LogP) is 4.02. The van der Waals surface area contributed by atoms with Gasteiger partial charge < -0.3 is 10.1 Å². The normalized spacial score (nSPS) is 15.6. The van der Waals surface area contributed by atoms with Crippen LogP contribution in [0.3, 0.4) is 0 Å². The fourth-order valence-electron chi connectivity index (χ4n) is 1.79. The first kappa shape index (κ1) is 15.0. The number of hydrogen-bond donors (Lipinski definition) is 1. The maximum atomic E-state index is 12.2. The van der Waals surface area contributed by atoms with Gasteiger partial charge in [-0.05, 0) is 31.0 Å². The lowest BCUT2D eigenvalue weighted by molar-refractivity contribution is -0.153. The van der Waals surface area contributed by atoms with E-state index in [0.29, 0.717) is 5.02 Å². The van der Waals surface area contributed by atoms with Gasteiger partial charge in [-0.3, -0.25) is 4.79 Å². The number of halogens is 4. The Balaban J connectivity index is 2.08. The topological polar surface area (TPSA) is 38.3 Å². The molecule has 1 saturated carbocycles. The molecule has 7 heteroatoms. The molecule has 0 bridgehead atoms. The molecule has 1 amide bonds. The summed E-state index contributed by atoms with van der Waals surface area (Å²) in [5, 5.41) is 2.89. The van der Waals surface area contributed by atoms with Crippen LogP contribution >= 0.6 is 11.6 Å². The van der Waals surface area contributed by atoms with E-state index in [0.717, 1.165) is 19.3 Å². The highest BCUT2D eigenvalue weighted by molar-refractivity contribution is 6.31. The molecule has 3 nitrogen and oxygen atoms in total. The zero-order valence-corrected chi connectivity index (χ0v) is 11.2. The molecule has 1 aromatic rings. The summed E-state index contributed by atoms with van der Waals surface area (Å²) in [4.78, 5) is 11.8. The Kier molecular flexibility index (Phi) is 4.42. The van der Waals surface area contributed by atoms with Gasteiger partial charge in [-0.2, -0.15) is 13.2 Å². The highest BCUT2D eigenvalue weighted by Crippen LogP contribution is 2.32. The molecule has 0 aromatic heterocycles. The third kappa shape index (κ3) is 4.03. The van der Waals surface area contributed by atoms with E-state index in [1.54, 1.807) is 0 Å². The van der Waals surface area contributed by atoms with Gasteiger partial charge in [0.1, 0.15) is 5.75 Å². The quantitative estimate of drug-likeness (QED) is 0.912. The largest absolute Gasteiger partial charge is 0.482 e. The van der Waals surface area contributed by atoms with Gasteiger partial charge >= 0.3 is 6.18 Å². The second-order valence-electron chi connectivity index (χ2n) is 4.66. The smallest absolute Gasteiger partial charge is 0.422 e. The molecule has 0 spiro atoms. The van der Waals surface area contributed by atoms with Gasteiger partial charge in [0.05, 0.1) is 5.69 Å². The van der Waals surface area contributed by atoms with Gasteiger partial charge in [0.25, 0.3) is 0 Å². The first-order chi connectivity index (χ1) is 9.35. The number of alkyl halides is 3. The van der Waals surface area contributed by atoms with Crippen LogP contribution in [0.5, 0.6) is 5.75 Å². The van der Waals surface area contributed by atoms with Crippen molar-refractivity contribution in [1.82, 2.24) is 0 Å². The molecule has 0 aliphatic heterocycles. The first-order valence-electron chi connectivity index (χ1n) is 6.15. The van der Waals surface area contributed by atoms with Crippen LogP contribution in [0.15, 0.2) is 18.2 Å². The summed E-state index contributed by atoms with van der Waals surface area (Å²) in [6.45, 7) is -1.42. The van der Waals surface area contributed by atoms with Crippen molar-refractivity contribution in [3.63, 3.8) is 0 Å². The van der Waals surface area contributed by atoms with Gasteiger partial charge in [-0.15, -0.1) is 0 Å². The number of nitrogens with one attached hydrogen (secondary N) is 1. The van der Waals surface area contributed by atoms with Crippen molar-refractivity contribution < 1.29 is 22.7 Å². The first-order valence-corrected chi connectivity index (χ1v) is 6.53. The zero-order chi connectivity index (χ0) is 14.8. The lowest BCUT2D eigenvalue weighted by atomic mass is 9.85. The van der Waals surface area contributed by atoms with Crippen molar-refractivity contribution in [3.8, 4) is 5.75 Å². The van der Waals surface area contributed by atoms with Crippen molar-refractivity contribution in [3.05, 3.63) is 23.2 Å². The summed E-state index contributed by atoms with van der Waals surface area (Å²) in [5.41, 5.74) is 0.165. The Morgan fingerprint density at radius 3 is 2.65 bits per heavy atom. The van der Waals surface area contributed by atoms with Crippen molar-refractivity contribution >= 4 is 23.2 Å². The SMILES string of the molecule is O=C(Nc1cc(Cl)ccc1OCC(F)(F)F)C1CCC1. The number of hydrogen-bond acceptors (Lipinski definition) is 2. The molecule has 1 fully saturated rings. The van der Waals surface area contributed by atoms with E-state index in [9.17, 15) is 18.0 Å². The number of anilines is 1. The van der Waals surface area contributed by atoms with Crippen molar-refractivity contribution in [2.45, 2.75) is 25.4 Å². The minimum absolute atomic E-state index is 0.0422. The van der Waals surface area contributed by atoms with Gasteiger partial charge in [0, 0.05) is 10.9 Å². The number of carbonyl (C=O) groups is 1. The lowest BCUT2D eigenvalue weighted by Gasteiger charge is -2.24. The molecule has 20 heavy (non-hydrogen) atoms. The Bertz CT molecular complexity index is 501. The van der Waals surface area contributed by atoms with E-state index in [1.807, 2.05) is 0 Å². The van der Waals surface area contributed by atoms with Crippen LogP contribution in [0.2, 0.25) is 5.02 Å². The van der Waals surface area contributed by atoms with Gasteiger partial charge in [0.15, 0.2) is 6.61 Å². The average molecular weight is 308 g/mol. The molecule has 0 saturated heterocycles. The standard InChI is InChI=1S/C13H13ClF3NO2/c14-9-4-5-11(20-7-13(15,16)17)10(6-9)18-12(19)8-2-1-3-8/h4-6,8H,1-3,7H2,(H,18,19). The number of benzene rings is 1. The molecule has 0 radical (unpaired) electrons. The summed E-state index contributed by atoms with van der Waals surface area (Å²) < 4.78 is 41.2. The van der Waals surface area contributed by atoms with Crippen LogP contribution in [-0.4, -0.2) is 18.7 Å². The number of ether oxygens (including phenoxy) is 1. The van der Waals surface area contributed by atoms with Crippen LogP contribution in [0.4, 0.5) is 18.9 Å². The van der Waals surface area contributed by atoms with E-state index in [2.05, 4.69) is 5.32 Å². The van der Waals surface area contributed by atoms with E-state index in [-0.39, 0.29) is 23.3 Å². The Hall–Kier alpha value is -1.43. The van der Waals surface area contributed by atoms with Gasteiger partial charge in [-0.25, -0.2) is 0 Å². The summed E-state index contributed by atoms with van der Waals surface area (Å²) in [6, 6.07) is 4.10. The van der Waals surface area contributed by atoms with Crippen molar-refractivity contribution in [2.75, 3.05) is 11.9 Å². The zero-order valence-electron chi connectivity index (χ0n) is 10.5. The molecule has 1 aromatic carbocycles. The monoisotopic (exact) mass is 307 g/mol. The minimum atomic E-state index is -4.44. The third-order valence-corrected chi connectivity index (χ3v) is 3.30. The molecule has 0 heterocycles. The fourth-order valence-corrected chi connectivity index (χ4v) is 1.96. The van der Waals surface area contributed by atoms with E-state index >= 15 is 0 Å². The third-order valence-electron chi connectivity index (χ3n) is 3.07. The molecular formula is C13H13ClF3NO2. The van der Waals surface area contributed by atoms with Crippen LogP contribution in [0.25, 0.3) is 0 Å². The van der Waals surface area contributed by atoms with Crippen molar-refractivity contribution in [1.29, 1.82) is 0 Å². The maximum Gasteiger partial charge on any atom is 0.422 e. The van der Waals surface area contributed by atoms with Gasteiger partial charge in [0.2, 0.25) is 5.91 Å². The second-order valence-corrected chi connectivity index (χ2v) is 5.10. The molecule has 0 unspecified atom stereocenters. The number of rotatable bonds is 4. The van der Waals surface area contributed by atoms with Crippen LogP contribution in [0, 0.1) is 5.92 Å². The molecule has 1 aliphatic rings. The number of carbonyl (C=O) groups excluding carboxylic acids is 1. The highest BCUT2D eigenvalue weighted by atomic mass is 35.5. The fraction of sp³-hybridized carbons (Fsp3) is 0.462. The summed E-state index contributed by atoms with van der Waals surface area (Å²) >= 11 is 5.79. The molecule has 0 atom stereocenters. The lowest BCUT2D eigenvalue weighted by Crippen LogP contribution is -2.28. The Morgan fingerprint density at radius 2 is 2.10 bits per heavy atom. The Morgan fingerprint density at radius 1 is 1.40 bits per heavy atom. The molecule has 110 valence electrons. The summed E-state index contributed by atoms with van der Waals surface area (Å²) in [5.74, 6) is -0.334. The highest BCUT2D eigenvalue weighted by Gasteiger charge is 2.29. The number of amides is 1. The van der Waals surface area contributed by atoms with Crippen LogP contribution in [0.1, 0.15) is 19.3 Å². The van der Waals surface area contributed by atoms with E-state index < -0.39 is 12.8 Å². The summed E-state index contributed by atoms with van der Waals surface area (Å²) in [7, 11) is 0. The summed E-state index contributed by atoms with van der Waals surface area (Å²) in [6.07, 6.45) is -1.85. The van der Waals surface area contributed by atoms with E-state index in [1.165, 1.54) is 18.2 Å². The molecule has 1 N–H and O–H groups in total. The second kappa shape index (κ2) is 5.91. The minimum Gasteiger partial charge on any atom is -0.482 e. The Labute approximate surface area is 119 Å². The van der Waals surface area contributed by atoms with Crippen LogP contribution < -0.4 is 10.1 Å². The maximum absolute atomic E-state index is 12.2. The van der Waals surface area contributed by atoms with Crippen LogP contribution in [-0.2, 0) is 4.79 Å². The van der Waals surface area contributed by atoms with E-state index in [4.69, 9.17) is 16.3 Å². The molecule has 1 aliphatic carbocycles. The predicted molar refractivity (Wildman–Crippen MR) is 69.0 cm³/mol. The molecule has 2 rings (SSSR count). The average Bonchev–Trinajstić information content (AvgIpc) is 2.24. The van der Waals surface area contributed by atoms with Gasteiger partial charge in [-0.1, -0.05) is 18.0 Å². The van der Waals surface area contributed by atoms with Crippen molar-refractivity contribution in [2.24, 2.45) is 5.92 Å².